The normalized spacial score (nSPS) is 10.8. The standard InChI is InChI=1S/C19H15N5O2/c20-16-3-2-14(9-15(16)18(21)13-5-8-26-11-13)23-19(25)12-1-4-17-22-6-7-24(17)10-12/h1-11,21H,20H2,(H,23,25). The second-order valence-corrected chi connectivity index (χ2v) is 5.75. The Morgan fingerprint density at radius 2 is 2.08 bits per heavy atom. The predicted octanol–water partition coefficient (Wildman–Crippen LogP) is 3.18. The first kappa shape index (κ1) is 15.6. The fraction of sp³-hybridized carbons (Fsp3) is 0. The molecule has 4 rings (SSSR count). The highest BCUT2D eigenvalue weighted by Gasteiger charge is 2.13. The largest absolute Gasteiger partial charge is 0.472 e. The first-order valence-electron chi connectivity index (χ1n) is 7.87. The summed E-state index contributed by atoms with van der Waals surface area (Å²) in [4.78, 5) is 16.7. The number of carbonyl (C=O) groups excluding carboxylic acids is 1. The maximum absolute atomic E-state index is 12.5. The van der Waals surface area contributed by atoms with Crippen LogP contribution < -0.4 is 11.1 Å². The van der Waals surface area contributed by atoms with E-state index in [1.165, 1.54) is 12.5 Å². The van der Waals surface area contributed by atoms with Gasteiger partial charge in [-0.2, -0.15) is 0 Å². The van der Waals surface area contributed by atoms with Crippen LogP contribution >= 0.6 is 0 Å². The molecule has 0 unspecified atom stereocenters. The highest BCUT2D eigenvalue weighted by atomic mass is 16.3. The van der Waals surface area contributed by atoms with E-state index in [0.717, 1.165) is 5.65 Å². The van der Waals surface area contributed by atoms with Gasteiger partial charge in [-0.25, -0.2) is 4.98 Å². The van der Waals surface area contributed by atoms with Gasteiger partial charge in [0.2, 0.25) is 0 Å². The summed E-state index contributed by atoms with van der Waals surface area (Å²) in [6, 6.07) is 10.2. The number of pyridine rings is 1. The molecule has 0 atom stereocenters. The predicted molar refractivity (Wildman–Crippen MR) is 98.6 cm³/mol. The van der Waals surface area contributed by atoms with Crippen LogP contribution in [-0.2, 0) is 0 Å². The summed E-state index contributed by atoms with van der Waals surface area (Å²) in [7, 11) is 0. The molecule has 4 N–H and O–H groups in total. The van der Waals surface area contributed by atoms with E-state index in [1.807, 2.05) is 0 Å². The summed E-state index contributed by atoms with van der Waals surface area (Å²) in [5, 5.41) is 11.1. The van der Waals surface area contributed by atoms with Crippen LogP contribution in [0.1, 0.15) is 21.5 Å². The number of anilines is 2. The van der Waals surface area contributed by atoms with Crippen molar-refractivity contribution in [2.75, 3.05) is 11.1 Å². The number of fused-ring (bicyclic) bond motifs is 1. The highest BCUT2D eigenvalue weighted by molar-refractivity contribution is 6.14. The van der Waals surface area contributed by atoms with E-state index in [9.17, 15) is 4.79 Å². The number of benzene rings is 1. The molecular formula is C19H15N5O2. The van der Waals surface area contributed by atoms with Crippen molar-refractivity contribution in [3.63, 3.8) is 0 Å². The summed E-state index contributed by atoms with van der Waals surface area (Å²) < 4.78 is 6.79. The Balaban J connectivity index is 1.60. The number of furan rings is 1. The lowest BCUT2D eigenvalue weighted by Gasteiger charge is -2.10. The number of nitrogen functional groups attached to an aromatic ring is 1. The number of aromatic nitrogens is 2. The zero-order valence-electron chi connectivity index (χ0n) is 13.6. The van der Waals surface area contributed by atoms with E-state index < -0.39 is 0 Å². The van der Waals surface area contributed by atoms with Crippen LogP contribution in [-0.4, -0.2) is 21.0 Å². The molecule has 7 heteroatoms. The van der Waals surface area contributed by atoms with Gasteiger partial charge in [-0.1, -0.05) is 0 Å². The number of amides is 1. The lowest BCUT2D eigenvalue weighted by molar-refractivity contribution is 0.102. The summed E-state index contributed by atoms with van der Waals surface area (Å²) in [6.07, 6.45) is 8.14. The molecule has 0 aliphatic carbocycles. The lowest BCUT2D eigenvalue weighted by Crippen LogP contribution is -2.14. The maximum Gasteiger partial charge on any atom is 0.257 e. The molecule has 1 amide bonds. The van der Waals surface area contributed by atoms with Crippen molar-refractivity contribution >= 4 is 28.6 Å². The van der Waals surface area contributed by atoms with Crippen molar-refractivity contribution in [2.24, 2.45) is 0 Å². The molecule has 4 aromatic rings. The van der Waals surface area contributed by atoms with Crippen LogP contribution in [0.3, 0.4) is 0 Å². The molecular weight excluding hydrogens is 330 g/mol. The number of imidazole rings is 1. The van der Waals surface area contributed by atoms with Gasteiger partial charge in [0.25, 0.3) is 5.91 Å². The van der Waals surface area contributed by atoms with Gasteiger partial charge in [0.05, 0.1) is 23.8 Å². The topological polar surface area (TPSA) is 109 Å². The summed E-state index contributed by atoms with van der Waals surface area (Å²) in [5.74, 6) is -0.258. The Kier molecular flexibility index (Phi) is 3.74. The monoisotopic (exact) mass is 345 g/mol. The minimum Gasteiger partial charge on any atom is -0.472 e. The van der Waals surface area contributed by atoms with E-state index in [4.69, 9.17) is 15.6 Å². The molecule has 128 valence electrons. The number of hydrogen-bond donors (Lipinski definition) is 3. The van der Waals surface area contributed by atoms with Crippen molar-refractivity contribution in [2.45, 2.75) is 0 Å². The van der Waals surface area contributed by atoms with Gasteiger partial charge >= 0.3 is 0 Å². The minimum absolute atomic E-state index is 0.229. The van der Waals surface area contributed by atoms with Crippen LogP contribution in [0, 0.1) is 5.41 Å². The molecule has 0 radical (unpaired) electrons. The van der Waals surface area contributed by atoms with Crippen LogP contribution in [0.15, 0.2) is 71.9 Å². The van der Waals surface area contributed by atoms with Crippen molar-refractivity contribution in [1.29, 1.82) is 5.41 Å². The molecule has 0 saturated carbocycles. The molecule has 3 aromatic heterocycles. The van der Waals surface area contributed by atoms with Crippen LogP contribution in [0.2, 0.25) is 0 Å². The second kappa shape index (κ2) is 6.21. The summed E-state index contributed by atoms with van der Waals surface area (Å²) >= 11 is 0. The van der Waals surface area contributed by atoms with Crippen molar-refractivity contribution in [1.82, 2.24) is 9.38 Å². The number of carbonyl (C=O) groups is 1. The fourth-order valence-corrected chi connectivity index (χ4v) is 2.67. The molecule has 1 aromatic carbocycles. The van der Waals surface area contributed by atoms with Crippen LogP contribution in [0.4, 0.5) is 11.4 Å². The smallest absolute Gasteiger partial charge is 0.257 e. The zero-order valence-corrected chi connectivity index (χ0v) is 13.6. The van der Waals surface area contributed by atoms with Gasteiger partial charge in [-0.15, -0.1) is 0 Å². The van der Waals surface area contributed by atoms with Gasteiger partial charge in [0, 0.05) is 41.1 Å². The van der Waals surface area contributed by atoms with Gasteiger partial charge in [-0.3, -0.25) is 10.2 Å². The van der Waals surface area contributed by atoms with Crippen molar-refractivity contribution in [3.05, 3.63) is 84.2 Å². The molecule has 0 aliphatic rings. The maximum atomic E-state index is 12.5. The Morgan fingerprint density at radius 1 is 1.19 bits per heavy atom. The third-order valence-corrected chi connectivity index (χ3v) is 4.04. The van der Waals surface area contributed by atoms with E-state index in [1.54, 1.807) is 59.4 Å². The lowest BCUT2D eigenvalue weighted by atomic mass is 10.0. The van der Waals surface area contributed by atoms with E-state index >= 15 is 0 Å². The van der Waals surface area contributed by atoms with Gasteiger partial charge in [-0.05, 0) is 36.4 Å². The van der Waals surface area contributed by atoms with Crippen molar-refractivity contribution in [3.8, 4) is 0 Å². The zero-order chi connectivity index (χ0) is 18.1. The first-order chi connectivity index (χ1) is 12.6. The highest BCUT2D eigenvalue weighted by Crippen LogP contribution is 2.22. The van der Waals surface area contributed by atoms with Crippen LogP contribution in [0.25, 0.3) is 5.65 Å². The number of nitrogens with one attached hydrogen (secondary N) is 2. The summed E-state index contributed by atoms with van der Waals surface area (Å²) in [6.45, 7) is 0. The van der Waals surface area contributed by atoms with Gasteiger partial charge < -0.3 is 19.9 Å². The molecule has 0 fully saturated rings. The van der Waals surface area contributed by atoms with Crippen molar-refractivity contribution < 1.29 is 9.21 Å². The fourth-order valence-electron chi connectivity index (χ4n) is 2.67. The first-order valence-corrected chi connectivity index (χ1v) is 7.87. The molecule has 7 nitrogen and oxygen atoms in total. The van der Waals surface area contributed by atoms with E-state index in [0.29, 0.717) is 28.1 Å². The molecule has 0 saturated heterocycles. The Hall–Kier alpha value is -3.87. The Bertz CT molecular complexity index is 1110. The van der Waals surface area contributed by atoms with E-state index in [-0.39, 0.29) is 11.6 Å². The number of nitrogens with zero attached hydrogens (tertiary/aromatic N) is 2. The number of hydrogen-bond acceptors (Lipinski definition) is 5. The van der Waals surface area contributed by atoms with E-state index in [2.05, 4.69) is 10.3 Å². The summed E-state index contributed by atoms with van der Waals surface area (Å²) in [5.41, 5.74) is 9.64. The number of nitrogens with two attached hydrogens (primary N) is 1. The molecule has 0 bridgehead atoms. The molecule has 0 spiro atoms. The van der Waals surface area contributed by atoms with Crippen LogP contribution in [0.5, 0.6) is 0 Å². The molecule has 0 aliphatic heterocycles. The SMILES string of the molecule is N=C(c1ccoc1)c1cc(NC(=O)c2ccc3nccn3c2)ccc1N. The Labute approximate surface area is 148 Å². The average molecular weight is 345 g/mol. The average Bonchev–Trinajstić information content (AvgIpc) is 3.33. The van der Waals surface area contributed by atoms with Gasteiger partial charge in [0.1, 0.15) is 5.65 Å². The Morgan fingerprint density at radius 3 is 2.88 bits per heavy atom. The quantitative estimate of drug-likeness (QED) is 0.390. The second-order valence-electron chi connectivity index (χ2n) is 5.75. The third kappa shape index (κ3) is 2.82. The third-order valence-electron chi connectivity index (χ3n) is 4.04. The minimum atomic E-state index is -0.258. The number of rotatable bonds is 4. The molecule has 3 heterocycles. The molecule has 26 heavy (non-hydrogen) atoms. The van der Waals surface area contributed by atoms with Gasteiger partial charge in [0.15, 0.2) is 0 Å².